The number of nitrogens with one attached hydrogen (secondary N) is 4. The molecule has 0 unspecified atom stereocenters. The largest absolute Gasteiger partial charge is 0.419 e. The predicted molar refractivity (Wildman–Crippen MR) is 129 cm³/mol. The van der Waals surface area contributed by atoms with E-state index in [0.717, 1.165) is 25.6 Å². The minimum absolute atomic E-state index is 0.0174. The first-order chi connectivity index (χ1) is 17.3. The molecule has 0 radical (unpaired) electrons. The molecule has 4 N–H and O–H groups in total. The summed E-state index contributed by atoms with van der Waals surface area (Å²) in [5.41, 5.74) is 1.17. The first-order valence-corrected chi connectivity index (χ1v) is 11.4. The van der Waals surface area contributed by atoms with E-state index in [-0.39, 0.29) is 23.2 Å². The number of nitriles is 1. The first-order valence-electron chi connectivity index (χ1n) is 11.4. The monoisotopic (exact) mass is 493 g/mol. The van der Waals surface area contributed by atoms with Crippen molar-refractivity contribution >= 4 is 16.9 Å². The standard InChI is InChI=1S/C25H22F3N7O/c1-13-17(8-29)23(36)32-10-18(13)14-4-5-16-19(11-31-21(16)7-14)22-20(25(26,27)28)12-33-24(35-22)34-15-3-2-6-30-9-15/h4-5,7,10-12,15,30-31H,2-3,6,9H2,1H3,(H,32,36)(H,33,34,35)/t15-/m0/s1. The van der Waals surface area contributed by atoms with E-state index < -0.39 is 17.3 Å². The molecular weight excluding hydrogens is 471 g/mol. The Morgan fingerprint density at radius 2 is 2.00 bits per heavy atom. The fourth-order valence-corrected chi connectivity index (χ4v) is 4.57. The lowest BCUT2D eigenvalue weighted by molar-refractivity contribution is -0.137. The molecule has 1 aliphatic heterocycles. The zero-order chi connectivity index (χ0) is 25.4. The predicted octanol–water partition coefficient (Wildman–Crippen LogP) is 4.34. The van der Waals surface area contributed by atoms with E-state index in [1.807, 2.05) is 6.07 Å². The number of nitrogens with zero attached hydrogens (tertiary/aromatic N) is 3. The van der Waals surface area contributed by atoms with E-state index >= 15 is 0 Å². The molecule has 3 aromatic heterocycles. The topological polar surface area (TPSA) is 122 Å². The number of benzene rings is 1. The molecule has 1 atom stereocenters. The average molecular weight is 493 g/mol. The van der Waals surface area contributed by atoms with Crippen LogP contribution in [0.1, 0.15) is 29.5 Å². The van der Waals surface area contributed by atoms with Crippen LogP contribution >= 0.6 is 0 Å². The van der Waals surface area contributed by atoms with Gasteiger partial charge >= 0.3 is 6.18 Å². The van der Waals surface area contributed by atoms with Crippen molar-refractivity contribution in [2.75, 3.05) is 18.4 Å². The number of piperidine rings is 1. The normalized spacial score (nSPS) is 16.1. The summed E-state index contributed by atoms with van der Waals surface area (Å²) in [5, 5.41) is 16.2. The van der Waals surface area contributed by atoms with Crippen LogP contribution in [0, 0.1) is 18.3 Å². The highest BCUT2D eigenvalue weighted by Crippen LogP contribution is 2.39. The Bertz CT molecular complexity index is 1540. The quantitative estimate of drug-likeness (QED) is 0.335. The number of H-pyrrole nitrogens is 2. The van der Waals surface area contributed by atoms with Crippen molar-refractivity contribution in [3.05, 3.63) is 63.8 Å². The number of aromatic nitrogens is 4. The van der Waals surface area contributed by atoms with Gasteiger partial charge in [0.25, 0.3) is 5.56 Å². The molecule has 5 rings (SSSR count). The highest BCUT2D eigenvalue weighted by molar-refractivity contribution is 5.97. The van der Waals surface area contributed by atoms with E-state index in [1.54, 1.807) is 25.1 Å². The van der Waals surface area contributed by atoms with Gasteiger partial charge in [0, 0.05) is 53.2 Å². The maximum Gasteiger partial charge on any atom is 0.419 e. The Labute approximate surface area is 203 Å². The van der Waals surface area contributed by atoms with Crippen molar-refractivity contribution < 1.29 is 13.2 Å². The summed E-state index contributed by atoms with van der Waals surface area (Å²) in [6.45, 7) is 3.28. The molecule has 11 heteroatoms. The maximum atomic E-state index is 13.9. The molecule has 0 aliphatic carbocycles. The van der Waals surface area contributed by atoms with E-state index in [2.05, 4.69) is 30.6 Å². The molecule has 1 saturated heterocycles. The van der Waals surface area contributed by atoms with Gasteiger partial charge in [-0.25, -0.2) is 9.97 Å². The zero-order valence-electron chi connectivity index (χ0n) is 19.3. The summed E-state index contributed by atoms with van der Waals surface area (Å²) in [5.74, 6) is 0.144. The van der Waals surface area contributed by atoms with Gasteiger partial charge in [-0.1, -0.05) is 12.1 Å². The molecule has 0 spiro atoms. The SMILES string of the molecule is Cc1c(-c2ccc3c(-c4nc(N[C@H]5CCCNC5)ncc4C(F)(F)F)c[nH]c3c2)c[nH]c(=O)c1C#N. The molecule has 0 saturated carbocycles. The van der Waals surface area contributed by atoms with Crippen molar-refractivity contribution in [1.29, 1.82) is 5.26 Å². The molecule has 4 heterocycles. The summed E-state index contributed by atoms with van der Waals surface area (Å²) in [6, 6.07) is 7.15. The van der Waals surface area contributed by atoms with Gasteiger partial charge in [0.2, 0.25) is 5.95 Å². The second kappa shape index (κ2) is 9.13. The highest BCUT2D eigenvalue weighted by Gasteiger charge is 2.36. The molecule has 1 aromatic carbocycles. The molecular formula is C25H22F3N7O. The number of rotatable bonds is 4. The number of anilines is 1. The third-order valence-electron chi connectivity index (χ3n) is 6.44. The van der Waals surface area contributed by atoms with Gasteiger partial charge in [0.1, 0.15) is 17.2 Å². The van der Waals surface area contributed by atoms with Crippen LogP contribution in [0.2, 0.25) is 0 Å². The van der Waals surface area contributed by atoms with Crippen molar-refractivity contribution in [2.24, 2.45) is 0 Å². The number of fused-ring (bicyclic) bond motifs is 1. The van der Waals surface area contributed by atoms with Crippen LogP contribution in [0.4, 0.5) is 19.1 Å². The fourth-order valence-electron chi connectivity index (χ4n) is 4.57. The lowest BCUT2D eigenvalue weighted by atomic mass is 9.97. The second-order valence-electron chi connectivity index (χ2n) is 8.75. The Kier molecular flexibility index (Phi) is 5.97. The van der Waals surface area contributed by atoms with Crippen LogP contribution in [-0.2, 0) is 6.18 Å². The molecule has 4 aromatic rings. The van der Waals surface area contributed by atoms with Crippen LogP contribution in [0.3, 0.4) is 0 Å². The summed E-state index contributed by atoms with van der Waals surface area (Å²) < 4.78 is 41.7. The number of pyridine rings is 1. The highest BCUT2D eigenvalue weighted by atomic mass is 19.4. The third kappa shape index (κ3) is 4.31. The number of aromatic amines is 2. The molecule has 0 bridgehead atoms. The van der Waals surface area contributed by atoms with Gasteiger partial charge < -0.3 is 20.6 Å². The van der Waals surface area contributed by atoms with Crippen LogP contribution in [0.15, 0.2) is 41.6 Å². The van der Waals surface area contributed by atoms with Gasteiger partial charge in [0.15, 0.2) is 0 Å². The summed E-state index contributed by atoms with van der Waals surface area (Å²) >= 11 is 0. The van der Waals surface area contributed by atoms with Gasteiger partial charge in [0.05, 0.1) is 5.69 Å². The Morgan fingerprint density at radius 3 is 2.72 bits per heavy atom. The van der Waals surface area contributed by atoms with Crippen LogP contribution in [0.5, 0.6) is 0 Å². The van der Waals surface area contributed by atoms with E-state index in [1.165, 1.54) is 12.4 Å². The van der Waals surface area contributed by atoms with Crippen molar-refractivity contribution in [2.45, 2.75) is 32.0 Å². The average Bonchev–Trinajstić information content (AvgIpc) is 3.27. The van der Waals surface area contributed by atoms with Crippen molar-refractivity contribution in [3.63, 3.8) is 0 Å². The number of halogens is 3. The van der Waals surface area contributed by atoms with Crippen LogP contribution in [-0.4, -0.2) is 39.1 Å². The van der Waals surface area contributed by atoms with E-state index in [0.29, 0.717) is 39.7 Å². The Hall–Kier alpha value is -4.17. The van der Waals surface area contributed by atoms with E-state index in [4.69, 9.17) is 0 Å². The number of hydrogen-bond acceptors (Lipinski definition) is 6. The van der Waals surface area contributed by atoms with Gasteiger partial charge in [-0.15, -0.1) is 0 Å². The van der Waals surface area contributed by atoms with Crippen LogP contribution < -0.4 is 16.2 Å². The lowest BCUT2D eigenvalue weighted by Gasteiger charge is -2.24. The van der Waals surface area contributed by atoms with Crippen molar-refractivity contribution in [1.82, 2.24) is 25.3 Å². The molecule has 1 fully saturated rings. The molecule has 1 aliphatic rings. The molecule has 0 amide bonds. The van der Waals surface area contributed by atoms with E-state index in [9.17, 15) is 23.2 Å². The maximum absolute atomic E-state index is 13.9. The second-order valence-corrected chi connectivity index (χ2v) is 8.75. The smallest absolute Gasteiger partial charge is 0.360 e. The third-order valence-corrected chi connectivity index (χ3v) is 6.44. The van der Waals surface area contributed by atoms with Gasteiger partial charge in [-0.3, -0.25) is 4.79 Å². The van der Waals surface area contributed by atoms with Crippen LogP contribution in [0.25, 0.3) is 33.3 Å². The zero-order valence-corrected chi connectivity index (χ0v) is 19.3. The first kappa shape index (κ1) is 23.6. The molecule has 184 valence electrons. The van der Waals surface area contributed by atoms with Crippen molar-refractivity contribution in [3.8, 4) is 28.5 Å². The number of hydrogen-bond donors (Lipinski definition) is 4. The lowest BCUT2D eigenvalue weighted by Crippen LogP contribution is -2.38. The summed E-state index contributed by atoms with van der Waals surface area (Å²) in [4.78, 5) is 25.7. The molecule has 36 heavy (non-hydrogen) atoms. The number of alkyl halides is 3. The minimum Gasteiger partial charge on any atom is -0.360 e. The Balaban J connectivity index is 1.58. The van der Waals surface area contributed by atoms with Gasteiger partial charge in [-0.05, 0) is 43.5 Å². The Morgan fingerprint density at radius 1 is 1.19 bits per heavy atom. The fraction of sp³-hybridized carbons (Fsp3) is 0.280. The summed E-state index contributed by atoms with van der Waals surface area (Å²) in [7, 11) is 0. The van der Waals surface area contributed by atoms with Gasteiger partial charge in [-0.2, -0.15) is 18.4 Å². The minimum atomic E-state index is -4.63. The summed E-state index contributed by atoms with van der Waals surface area (Å²) in [6.07, 6.45) is 1.04. The molecule has 8 nitrogen and oxygen atoms in total.